The number of esters is 1. The fourth-order valence-electron chi connectivity index (χ4n) is 3.37. The molecule has 0 unspecified atom stereocenters. The number of hydrogen-bond acceptors (Lipinski definition) is 4. The molecule has 23 heavy (non-hydrogen) atoms. The molecule has 0 saturated carbocycles. The predicted molar refractivity (Wildman–Crippen MR) is 83.1 cm³/mol. The highest BCUT2D eigenvalue weighted by atomic mass is 16.5. The first-order valence-electron chi connectivity index (χ1n) is 7.34. The van der Waals surface area contributed by atoms with Crippen LogP contribution >= 0.6 is 0 Å². The van der Waals surface area contributed by atoms with Gasteiger partial charge in [0.05, 0.1) is 29.6 Å². The number of ether oxygens (including phenoxy) is 1. The Labute approximate surface area is 132 Å². The van der Waals surface area contributed by atoms with Crippen LogP contribution in [-0.4, -0.2) is 24.8 Å². The lowest BCUT2D eigenvalue weighted by Gasteiger charge is -2.21. The number of carbonyl (C=O) groups excluding carboxylic acids is 3. The smallest absolute Gasteiger partial charge is 0.340 e. The zero-order valence-corrected chi connectivity index (χ0v) is 12.5. The number of aryl methyl sites for hydroxylation is 2. The van der Waals surface area contributed by atoms with Gasteiger partial charge in [0.15, 0.2) is 0 Å². The fraction of sp³-hybridized carbons (Fsp3) is 0.167. The van der Waals surface area contributed by atoms with E-state index in [1.807, 2.05) is 12.1 Å². The van der Waals surface area contributed by atoms with Crippen molar-refractivity contribution in [1.29, 1.82) is 0 Å². The van der Waals surface area contributed by atoms with Crippen molar-refractivity contribution in [3.05, 3.63) is 58.7 Å². The van der Waals surface area contributed by atoms with E-state index in [0.717, 1.165) is 11.1 Å². The topological polar surface area (TPSA) is 63.7 Å². The van der Waals surface area contributed by atoms with Crippen LogP contribution in [0.4, 0.5) is 11.4 Å². The third kappa shape index (κ3) is 1.76. The van der Waals surface area contributed by atoms with E-state index in [1.54, 1.807) is 24.3 Å². The lowest BCUT2D eigenvalue weighted by Crippen LogP contribution is -2.27. The van der Waals surface area contributed by atoms with Crippen molar-refractivity contribution in [1.82, 2.24) is 0 Å². The number of amides is 1. The quantitative estimate of drug-likeness (QED) is 0.599. The van der Waals surface area contributed by atoms with E-state index in [-0.39, 0.29) is 0 Å². The molecule has 0 atom stereocenters. The summed E-state index contributed by atoms with van der Waals surface area (Å²) >= 11 is 0. The van der Waals surface area contributed by atoms with E-state index in [9.17, 15) is 14.4 Å². The van der Waals surface area contributed by atoms with Crippen LogP contribution in [0.2, 0.25) is 0 Å². The van der Waals surface area contributed by atoms with Gasteiger partial charge in [-0.2, -0.15) is 0 Å². The lowest BCUT2D eigenvalue weighted by atomic mass is 10.00. The summed E-state index contributed by atoms with van der Waals surface area (Å²) in [5, 5.41) is 0. The molecule has 0 radical (unpaired) electrons. The minimum absolute atomic E-state index is 0.302. The van der Waals surface area contributed by atoms with Gasteiger partial charge in [-0.15, -0.1) is 0 Å². The van der Waals surface area contributed by atoms with Gasteiger partial charge in [-0.05, 0) is 36.1 Å². The molecular weight excluding hydrogens is 294 g/mol. The Morgan fingerprint density at radius 1 is 1.00 bits per heavy atom. The molecule has 0 aromatic heterocycles. The van der Waals surface area contributed by atoms with Crippen molar-refractivity contribution in [3.8, 4) is 0 Å². The van der Waals surface area contributed by atoms with Gasteiger partial charge >= 0.3 is 11.9 Å². The highest BCUT2D eigenvalue weighted by Crippen LogP contribution is 2.44. The Balaban J connectivity index is 2.06. The zero-order chi connectivity index (χ0) is 16.1. The molecule has 0 saturated heterocycles. The normalized spacial score (nSPS) is 15.1. The van der Waals surface area contributed by atoms with Gasteiger partial charge in [-0.25, -0.2) is 4.79 Å². The summed E-state index contributed by atoms with van der Waals surface area (Å²) in [6, 6.07) is 10.6. The second-order valence-corrected chi connectivity index (χ2v) is 5.59. The Morgan fingerprint density at radius 2 is 1.65 bits per heavy atom. The van der Waals surface area contributed by atoms with E-state index in [0.29, 0.717) is 35.3 Å². The van der Waals surface area contributed by atoms with E-state index in [1.165, 1.54) is 12.0 Å². The highest BCUT2D eigenvalue weighted by molar-refractivity contribution is 6.54. The molecular formula is C18H13NO4. The number of fused-ring (bicyclic) bond motifs is 2. The van der Waals surface area contributed by atoms with E-state index < -0.39 is 17.7 Å². The molecule has 2 aromatic carbocycles. The van der Waals surface area contributed by atoms with Gasteiger partial charge in [0.1, 0.15) is 0 Å². The molecule has 0 bridgehead atoms. The fourth-order valence-corrected chi connectivity index (χ4v) is 3.37. The molecule has 2 aromatic rings. The maximum absolute atomic E-state index is 12.6. The SMILES string of the molecule is COC(=O)c1cccc2c1N1C(=O)C(=O)c3cccc(c31)CC2. The molecule has 4 rings (SSSR count). The Kier molecular flexibility index (Phi) is 2.84. The molecule has 1 amide bonds. The summed E-state index contributed by atoms with van der Waals surface area (Å²) in [6.45, 7) is 0. The predicted octanol–water partition coefficient (Wildman–Crippen LogP) is 2.43. The summed E-state index contributed by atoms with van der Waals surface area (Å²) < 4.78 is 4.84. The largest absolute Gasteiger partial charge is 0.465 e. The van der Waals surface area contributed by atoms with E-state index in [4.69, 9.17) is 4.74 Å². The van der Waals surface area contributed by atoms with Crippen molar-refractivity contribution >= 4 is 29.0 Å². The van der Waals surface area contributed by atoms with Crippen LogP contribution in [0.3, 0.4) is 0 Å². The number of para-hydroxylation sites is 2. The number of rotatable bonds is 1. The van der Waals surface area contributed by atoms with Crippen molar-refractivity contribution < 1.29 is 19.1 Å². The van der Waals surface area contributed by atoms with Gasteiger partial charge in [-0.1, -0.05) is 24.3 Å². The minimum atomic E-state index is -0.619. The minimum Gasteiger partial charge on any atom is -0.465 e. The average Bonchev–Trinajstić information content (AvgIpc) is 2.74. The highest BCUT2D eigenvalue weighted by Gasteiger charge is 2.42. The monoisotopic (exact) mass is 307 g/mol. The van der Waals surface area contributed by atoms with Gasteiger partial charge in [0, 0.05) is 0 Å². The summed E-state index contributed by atoms with van der Waals surface area (Å²) in [5.41, 5.74) is 3.58. The van der Waals surface area contributed by atoms with Crippen LogP contribution in [0.1, 0.15) is 31.8 Å². The second kappa shape index (κ2) is 4.78. The molecule has 0 N–H and O–H groups in total. The van der Waals surface area contributed by atoms with Gasteiger partial charge < -0.3 is 4.74 Å². The number of carbonyl (C=O) groups is 3. The number of ketones is 1. The molecule has 0 fully saturated rings. The Hall–Kier alpha value is -2.95. The number of methoxy groups -OCH3 is 1. The zero-order valence-electron chi connectivity index (χ0n) is 12.5. The van der Waals surface area contributed by atoms with Crippen LogP contribution in [0, 0.1) is 0 Å². The summed E-state index contributed by atoms with van der Waals surface area (Å²) in [5.74, 6) is -1.67. The molecule has 5 nitrogen and oxygen atoms in total. The van der Waals surface area contributed by atoms with Crippen molar-refractivity contribution in [2.45, 2.75) is 12.8 Å². The van der Waals surface area contributed by atoms with Crippen LogP contribution in [0.25, 0.3) is 0 Å². The number of nitrogens with zero attached hydrogens (tertiary/aromatic N) is 1. The Morgan fingerprint density at radius 3 is 2.35 bits per heavy atom. The van der Waals surface area contributed by atoms with Crippen LogP contribution in [0.5, 0.6) is 0 Å². The third-order valence-corrected chi connectivity index (χ3v) is 4.40. The van der Waals surface area contributed by atoms with E-state index >= 15 is 0 Å². The molecule has 0 spiro atoms. The number of hydrogen-bond donors (Lipinski definition) is 0. The third-order valence-electron chi connectivity index (χ3n) is 4.40. The van der Waals surface area contributed by atoms with E-state index in [2.05, 4.69) is 0 Å². The van der Waals surface area contributed by atoms with Crippen LogP contribution < -0.4 is 4.90 Å². The first-order valence-corrected chi connectivity index (χ1v) is 7.34. The summed E-state index contributed by atoms with van der Waals surface area (Å²) in [7, 11) is 1.30. The number of anilines is 2. The number of Topliss-reactive ketones (excluding diaryl/α,β-unsaturated/α-hetero) is 1. The van der Waals surface area contributed by atoms with Crippen molar-refractivity contribution in [2.24, 2.45) is 0 Å². The molecule has 5 heteroatoms. The second-order valence-electron chi connectivity index (χ2n) is 5.59. The number of benzene rings is 2. The van der Waals surface area contributed by atoms with Gasteiger partial charge in [-0.3, -0.25) is 14.5 Å². The molecule has 2 aliphatic rings. The van der Waals surface area contributed by atoms with Crippen molar-refractivity contribution in [3.63, 3.8) is 0 Å². The molecule has 2 aliphatic heterocycles. The summed E-state index contributed by atoms with van der Waals surface area (Å²) in [4.78, 5) is 38.4. The molecule has 2 heterocycles. The lowest BCUT2D eigenvalue weighted by molar-refractivity contribution is -0.113. The first-order chi connectivity index (χ1) is 11.1. The maximum atomic E-state index is 12.6. The molecule has 114 valence electrons. The van der Waals surface area contributed by atoms with Gasteiger partial charge in [0.2, 0.25) is 0 Å². The van der Waals surface area contributed by atoms with Crippen molar-refractivity contribution in [2.75, 3.05) is 12.0 Å². The average molecular weight is 307 g/mol. The first kappa shape index (κ1) is 13.7. The molecule has 0 aliphatic carbocycles. The maximum Gasteiger partial charge on any atom is 0.340 e. The summed E-state index contributed by atoms with van der Waals surface area (Å²) in [6.07, 6.45) is 1.40. The standard InChI is InChI=1S/C18H13NO4/c1-23-18(22)13-7-3-5-11-9-8-10-4-2-6-12-14(10)19(15(11)13)17(21)16(12)20/h2-7H,8-9H2,1H3. The van der Waals surface area contributed by atoms with Gasteiger partial charge in [0.25, 0.3) is 5.78 Å². The Bertz CT molecular complexity index is 885. The van der Waals surface area contributed by atoms with Crippen LogP contribution in [0.15, 0.2) is 36.4 Å². The van der Waals surface area contributed by atoms with Crippen LogP contribution in [-0.2, 0) is 22.4 Å².